The van der Waals surface area contributed by atoms with Crippen LogP contribution in [0.5, 0.6) is 0 Å². The molecule has 22 heavy (non-hydrogen) atoms. The summed E-state index contributed by atoms with van der Waals surface area (Å²) < 4.78 is 10.6. The number of Topliss-reactive ketones (excluding diaryl/α,β-unsaturated/α-hetero) is 1. The lowest BCUT2D eigenvalue weighted by Gasteiger charge is -2.35. The van der Waals surface area contributed by atoms with Crippen molar-refractivity contribution in [2.75, 3.05) is 19.8 Å². The molecule has 1 saturated heterocycles. The molecule has 0 unspecified atom stereocenters. The van der Waals surface area contributed by atoms with E-state index in [9.17, 15) is 9.59 Å². The van der Waals surface area contributed by atoms with Crippen LogP contribution < -0.4 is 0 Å². The number of furan rings is 1. The number of carbonyl (C=O) groups excluding carboxylic acids is 2. The number of H-pyrrole nitrogens is 1. The minimum absolute atomic E-state index is 0.0701. The number of ketones is 1. The normalized spacial score (nSPS) is 18.4. The summed E-state index contributed by atoms with van der Waals surface area (Å²) in [4.78, 5) is 29.6. The molecule has 1 N–H and O–H groups in total. The van der Waals surface area contributed by atoms with E-state index in [4.69, 9.17) is 9.15 Å². The van der Waals surface area contributed by atoms with Crippen molar-refractivity contribution in [2.45, 2.75) is 19.4 Å². The van der Waals surface area contributed by atoms with Crippen LogP contribution in [0.3, 0.4) is 0 Å². The van der Waals surface area contributed by atoms with Gasteiger partial charge < -0.3 is 19.0 Å². The predicted molar refractivity (Wildman–Crippen MR) is 78.8 cm³/mol. The van der Waals surface area contributed by atoms with Gasteiger partial charge in [0.25, 0.3) is 5.91 Å². The quantitative estimate of drug-likeness (QED) is 0.877. The Labute approximate surface area is 128 Å². The Morgan fingerprint density at radius 1 is 1.41 bits per heavy atom. The van der Waals surface area contributed by atoms with Crippen molar-refractivity contribution in [3.8, 4) is 0 Å². The van der Waals surface area contributed by atoms with E-state index in [0.29, 0.717) is 31.1 Å². The standard InChI is InChI=1S/C16H18N2O4/c1-11-13(4-5-17-11)16(20)18-6-8-21-10-12(18)9-14(19)15-3-2-7-22-15/h2-5,7,12,17H,6,8-10H2,1H3/t12-/m0/s1. The van der Waals surface area contributed by atoms with Crippen LogP contribution in [-0.2, 0) is 4.74 Å². The fourth-order valence-corrected chi connectivity index (χ4v) is 2.68. The molecule has 1 fully saturated rings. The summed E-state index contributed by atoms with van der Waals surface area (Å²) >= 11 is 0. The van der Waals surface area contributed by atoms with Crippen molar-refractivity contribution in [3.05, 3.63) is 47.7 Å². The fraction of sp³-hybridized carbons (Fsp3) is 0.375. The lowest BCUT2D eigenvalue weighted by molar-refractivity contribution is -0.00306. The maximum atomic E-state index is 12.7. The maximum Gasteiger partial charge on any atom is 0.256 e. The van der Waals surface area contributed by atoms with Crippen LogP contribution in [0.4, 0.5) is 0 Å². The largest absolute Gasteiger partial charge is 0.461 e. The van der Waals surface area contributed by atoms with Crippen molar-refractivity contribution >= 4 is 11.7 Å². The Kier molecular flexibility index (Phi) is 4.11. The van der Waals surface area contributed by atoms with Gasteiger partial charge in [0.05, 0.1) is 31.1 Å². The van der Waals surface area contributed by atoms with E-state index >= 15 is 0 Å². The second kappa shape index (κ2) is 6.19. The number of hydrogen-bond donors (Lipinski definition) is 1. The topological polar surface area (TPSA) is 75.5 Å². The van der Waals surface area contributed by atoms with Gasteiger partial charge in [0.15, 0.2) is 11.5 Å². The smallest absolute Gasteiger partial charge is 0.256 e. The Bertz CT molecular complexity index is 660. The van der Waals surface area contributed by atoms with Gasteiger partial charge in [-0.2, -0.15) is 0 Å². The third-order valence-electron chi connectivity index (χ3n) is 3.89. The second-order valence-electron chi connectivity index (χ2n) is 5.35. The Morgan fingerprint density at radius 2 is 2.27 bits per heavy atom. The van der Waals surface area contributed by atoms with E-state index in [2.05, 4.69) is 4.98 Å². The molecule has 0 aliphatic carbocycles. The SMILES string of the molecule is Cc1[nH]ccc1C(=O)N1CCOC[C@@H]1CC(=O)c1ccco1. The van der Waals surface area contributed by atoms with Crippen LogP contribution >= 0.6 is 0 Å². The van der Waals surface area contributed by atoms with E-state index in [1.807, 2.05) is 6.92 Å². The van der Waals surface area contributed by atoms with Gasteiger partial charge in [0.1, 0.15) is 0 Å². The lowest BCUT2D eigenvalue weighted by atomic mass is 10.1. The van der Waals surface area contributed by atoms with Gasteiger partial charge >= 0.3 is 0 Å². The molecule has 116 valence electrons. The molecular weight excluding hydrogens is 284 g/mol. The number of nitrogens with zero attached hydrogens (tertiary/aromatic N) is 1. The molecule has 1 amide bonds. The number of aromatic amines is 1. The minimum Gasteiger partial charge on any atom is -0.461 e. The maximum absolute atomic E-state index is 12.7. The van der Waals surface area contributed by atoms with Crippen LogP contribution in [-0.4, -0.2) is 47.4 Å². The molecule has 0 aromatic carbocycles. The van der Waals surface area contributed by atoms with Crippen molar-refractivity contribution in [1.82, 2.24) is 9.88 Å². The Morgan fingerprint density at radius 3 is 2.95 bits per heavy atom. The molecule has 0 radical (unpaired) electrons. The molecule has 6 heteroatoms. The number of carbonyl (C=O) groups is 2. The Balaban J connectivity index is 1.75. The van der Waals surface area contributed by atoms with Gasteiger partial charge in [0, 0.05) is 24.9 Å². The molecule has 6 nitrogen and oxygen atoms in total. The Hall–Kier alpha value is -2.34. The van der Waals surface area contributed by atoms with Crippen LogP contribution in [0, 0.1) is 6.92 Å². The van der Waals surface area contributed by atoms with Crippen molar-refractivity contribution < 1.29 is 18.7 Å². The monoisotopic (exact) mass is 302 g/mol. The molecular formula is C16H18N2O4. The average Bonchev–Trinajstić information content (AvgIpc) is 3.18. The van der Waals surface area contributed by atoms with Crippen molar-refractivity contribution in [2.24, 2.45) is 0 Å². The number of aryl methyl sites for hydroxylation is 1. The van der Waals surface area contributed by atoms with Gasteiger partial charge in [-0.25, -0.2) is 0 Å². The highest BCUT2D eigenvalue weighted by Gasteiger charge is 2.31. The van der Waals surface area contributed by atoms with Gasteiger partial charge in [-0.05, 0) is 25.1 Å². The number of ether oxygens (including phenoxy) is 1. The minimum atomic E-state index is -0.270. The van der Waals surface area contributed by atoms with Crippen molar-refractivity contribution in [3.63, 3.8) is 0 Å². The predicted octanol–water partition coefficient (Wildman–Crippen LogP) is 2.03. The molecule has 1 aliphatic rings. The third kappa shape index (κ3) is 2.82. The van der Waals surface area contributed by atoms with E-state index in [1.54, 1.807) is 29.3 Å². The highest BCUT2D eigenvalue weighted by molar-refractivity contribution is 5.97. The highest BCUT2D eigenvalue weighted by Crippen LogP contribution is 2.19. The summed E-state index contributed by atoms with van der Waals surface area (Å²) in [6.07, 6.45) is 3.41. The number of aromatic nitrogens is 1. The van der Waals surface area contributed by atoms with Crippen molar-refractivity contribution in [1.29, 1.82) is 0 Å². The molecule has 3 rings (SSSR count). The summed E-state index contributed by atoms with van der Waals surface area (Å²) in [5, 5.41) is 0. The molecule has 0 spiro atoms. The first-order valence-electron chi connectivity index (χ1n) is 7.26. The highest BCUT2D eigenvalue weighted by atomic mass is 16.5. The fourth-order valence-electron chi connectivity index (χ4n) is 2.68. The first kappa shape index (κ1) is 14.6. The number of morpholine rings is 1. The second-order valence-corrected chi connectivity index (χ2v) is 5.35. The molecule has 0 saturated carbocycles. The summed E-state index contributed by atoms with van der Waals surface area (Å²) in [6.45, 7) is 3.19. The third-order valence-corrected chi connectivity index (χ3v) is 3.89. The zero-order valence-corrected chi connectivity index (χ0v) is 12.4. The summed E-state index contributed by atoms with van der Waals surface area (Å²) in [7, 11) is 0. The summed E-state index contributed by atoms with van der Waals surface area (Å²) in [5.74, 6) is 0.124. The van der Waals surface area contributed by atoms with Gasteiger partial charge in [-0.15, -0.1) is 0 Å². The summed E-state index contributed by atoms with van der Waals surface area (Å²) in [5.41, 5.74) is 1.46. The molecule has 0 bridgehead atoms. The number of nitrogens with one attached hydrogen (secondary N) is 1. The molecule has 2 aromatic heterocycles. The summed E-state index contributed by atoms with van der Waals surface area (Å²) in [6, 6.07) is 4.80. The first-order valence-corrected chi connectivity index (χ1v) is 7.26. The van der Waals surface area contributed by atoms with Crippen LogP contribution in [0.15, 0.2) is 35.1 Å². The van der Waals surface area contributed by atoms with E-state index in [1.165, 1.54) is 6.26 Å². The number of amides is 1. The number of hydrogen-bond acceptors (Lipinski definition) is 4. The zero-order chi connectivity index (χ0) is 15.5. The van der Waals surface area contributed by atoms with E-state index in [0.717, 1.165) is 5.69 Å². The molecule has 1 atom stereocenters. The van der Waals surface area contributed by atoms with E-state index in [-0.39, 0.29) is 24.2 Å². The molecule has 3 heterocycles. The van der Waals surface area contributed by atoms with Crippen LogP contribution in [0.2, 0.25) is 0 Å². The first-order chi connectivity index (χ1) is 10.7. The lowest BCUT2D eigenvalue weighted by Crippen LogP contribution is -2.49. The van der Waals surface area contributed by atoms with Gasteiger partial charge in [0.2, 0.25) is 0 Å². The van der Waals surface area contributed by atoms with Gasteiger partial charge in [-0.1, -0.05) is 0 Å². The van der Waals surface area contributed by atoms with Crippen LogP contribution in [0.25, 0.3) is 0 Å². The van der Waals surface area contributed by atoms with E-state index < -0.39 is 0 Å². The zero-order valence-electron chi connectivity index (χ0n) is 12.4. The van der Waals surface area contributed by atoms with Crippen LogP contribution in [0.1, 0.15) is 33.0 Å². The molecule has 1 aliphatic heterocycles. The molecule has 2 aromatic rings. The number of rotatable bonds is 4. The average molecular weight is 302 g/mol. The van der Waals surface area contributed by atoms with Gasteiger partial charge in [-0.3, -0.25) is 9.59 Å².